The van der Waals surface area contributed by atoms with Crippen LogP contribution in [0, 0.1) is 0 Å². The second kappa shape index (κ2) is 11.1. The van der Waals surface area contributed by atoms with E-state index >= 15 is 0 Å². The fourth-order valence-electron chi connectivity index (χ4n) is 4.21. The van der Waals surface area contributed by atoms with Crippen LogP contribution in [0.1, 0.15) is 61.8 Å². The van der Waals surface area contributed by atoms with Crippen molar-refractivity contribution in [3.63, 3.8) is 0 Å². The lowest BCUT2D eigenvalue weighted by atomic mass is 9.84. The maximum Gasteiger partial charge on any atom is 0.264 e. The van der Waals surface area contributed by atoms with Crippen molar-refractivity contribution in [2.75, 3.05) is 14.1 Å². The van der Waals surface area contributed by atoms with Crippen molar-refractivity contribution < 1.29 is 13.2 Å². The number of pyridine rings is 1. The van der Waals surface area contributed by atoms with Crippen molar-refractivity contribution in [1.29, 1.82) is 0 Å². The predicted octanol–water partition coefficient (Wildman–Crippen LogP) is 5.10. The van der Waals surface area contributed by atoms with Gasteiger partial charge in [0.05, 0.1) is 11.3 Å². The van der Waals surface area contributed by atoms with E-state index in [9.17, 15) is 13.2 Å². The van der Waals surface area contributed by atoms with E-state index in [1.54, 1.807) is 24.5 Å². The van der Waals surface area contributed by atoms with E-state index in [0.29, 0.717) is 6.54 Å². The maximum absolute atomic E-state index is 13.0. The molecular formula is C28H35N3O3S. The Labute approximate surface area is 209 Å². The minimum atomic E-state index is -3.96. The van der Waals surface area contributed by atoms with Crippen molar-refractivity contribution in [3.05, 3.63) is 83.2 Å². The molecular weight excluding hydrogens is 458 g/mol. The fourth-order valence-corrected chi connectivity index (χ4v) is 5.19. The second-order valence-corrected chi connectivity index (χ2v) is 11.4. The zero-order chi connectivity index (χ0) is 25.8. The summed E-state index contributed by atoms with van der Waals surface area (Å²) in [6.07, 6.45) is 3.52. The molecule has 6 nitrogen and oxygen atoms in total. The van der Waals surface area contributed by atoms with E-state index < -0.39 is 15.9 Å². The van der Waals surface area contributed by atoms with E-state index in [0.717, 1.165) is 33.4 Å². The molecule has 1 heterocycles. The van der Waals surface area contributed by atoms with Crippen LogP contribution in [0.2, 0.25) is 0 Å². The molecule has 186 valence electrons. The molecule has 0 aliphatic heterocycles. The van der Waals surface area contributed by atoms with Crippen LogP contribution in [0.15, 0.2) is 65.8 Å². The Bertz CT molecular complexity index is 1240. The molecule has 0 bridgehead atoms. The summed E-state index contributed by atoms with van der Waals surface area (Å²) in [5.74, 6) is -0.210. The molecule has 0 aliphatic rings. The van der Waals surface area contributed by atoms with Gasteiger partial charge in [-0.3, -0.25) is 9.78 Å². The molecule has 0 unspecified atom stereocenters. The van der Waals surface area contributed by atoms with E-state index in [-0.39, 0.29) is 23.2 Å². The third-order valence-electron chi connectivity index (χ3n) is 5.89. The van der Waals surface area contributed by atoms with Gasteiger partial charge in [0.2, 0.25) is 5.91 Å². The first kappa shape index (κ1) is 26.6. The number of hydrogen-bond donors (Lipinski definition) is 1. The summed E-state index contributed by atoms with van der Waals surface area (Å²) in [6, 6.07) is 14.8. The molecule has 0 atom stereocenters. The molecule has 7 heteroatoms. The summed E-state index contributed by atoms with van der Waals surface area (Å²) >= 11 is 0. The summed E-state index contributed by atoms with van der Waals surface area (Å²) in [7, 11) is -0.0629. The molecule has 1 aromatic heterocycles. The van der Waals surface area contributed by atoms with Crippen LogP contribution in [-0.2, 0) is 27.8 Å². The number of amides is 1. The number of sulfonamides is 1. The van der Waals surface area contributed by atoms with Crippen LogP contribution in [0.4, 0.5) is 0 Å². The van der Waals surface area contributed by atoms with Crippen molar-refractivity contribution >= 4 is 15.9 Å². The number of hydrogen-bond acceptors (Lipinski definition) is 5. The van der Waals surface area contributed by atoms with Crippen molar-refractivity contribution in [2.45, 2.75) is 57.4 Å². The average molecular weight is 494 g/mol. The van der Waals surface area contributed by atoms with E-state index in [1.165, 1.54) is 12.1 Å². The topological polar surface area (TPSA) is 79.4 Å². The lowest BCUT2D eigenvalue weighted by molar-refractivity contribution is -0.118. The monoisotopic (exact) mass is 493 g/mol. The minimum absolute atomic E-state index is 0.00437. The van der Waals surface area contributed by atoms with Crippen LogP contribution < -0.4 is 4.72 Å². The molecule has 0 saturated carbocycles. The molecule has 0 fully saturated rings. The highest BCUT2D eigenvalue weighted by molar-refractivity contribution is 7.90. The van der Waals surface area contributed by atoms with E-state index in [2.05, 4.69) is 49.5 Å². The average Bonchev–Trinajstić information content (AvgIpc) is 2.79. The SMILES string of the molecule is CC(C)c1cc(-c2ccncc2)cc(C(C)C)c1CC(=O)NS(=O)(=O)c1ccc(CN(C)C)cc1. The van der Waals surface area contributed by atoms with Crippen molar-refractivity contribution in [1.82, 2.24) is 14.6 Å². The number of carbonyl (C=O) groups is 1. The summed E-state index contributed by atoms with van der Waals surface area (Å²) in [5, 5.41) is 0. The van der Waals surface area contributed by atoms with Gasteiger partial charge in [-0.05, 0) is 83.6 Å². The lowest BCUT2D eigenvalue weighted by Gasteiger charge is -2.22. The van der Waals surface area contributed by atoms with Gasteiger partial charge in [-0.2, -0.15) is 0 Å². The Morgan fingerprint density at radius 3 is 1.91 bits per heavy atom. The zero-order valence-electron chi connectivity index (χ0n) is 21.4. The zero-order valence-corrected chi connectivity index (χ0v) is 22.2. The number of aromatic nitrogens is 1. The smallest absolute Gasteiger partial charge is 0.264 e. The van der Waals surface area contributed by atoms with Crippen LogP contribution in [0.5, 0.6) is 0 Å². The molecule has 1 N–H and O–H groups in total. The van der Waals surface area contributed by atoms with Gasteiger partial charge < -0.3 is 4.90 Å². The third kappa shape index (κ3) is 6.77. The number of nitrogens with one attached hydrogen (secondary N) is 1. The highest BCUT2D eigenvalue weighted by atomic mass is 32.2. The molecule has 2 aromatic carbocycles. The first-order valence-electron chi connectivity index (χ1n) is 11.8. The van der Waals surface area contributed by atoms with Gasteiger partial charge in [0.1, 0.15) is 0 Å². The first-order valence-corrected chi connectivity index (χ1v) is 13.3. The lowest BCUT2D eigenvalue weighted by Crippen LogP contribution is -2.32. The normalized spacial score (nSPS) is 11.9. The molecule has 0 radical (unpaired) electrons. The van der Waals surface area contributed by atoms with Gasteiger partial charge in [-0.25, -0.2) is 13.1 Å². The summed E-state index contributed by atoms with van der Waals surface area (Å²) < 4.78 is 28.1. The first-order chi connectivity index (χ1) is 16.5. The van der Waals surface area contributed by atoms with Gasteiger partial charge in [0.15, 0.2) is 0 Å². The van der Waals surface area contributed by atoms with Crippen molar-refractivity contribution in [2.24, 2.45) is 0 Å². The number of carbonyl (C=O) groups excluding carboxylic acids is 1. The Balaban J connectivity index is 1.90. The predicted molar refractivity (Wildman–Crippen MR) is 141 cm³/mol. The van der Waals surface area contributed by atoms with Gasteiger partial charge >= 0.3 is 0 Å². The van der Waals surface area contributed by atoms with E-state index in [4.69, 9.17) is 0 Å². The quantitative estimate of drug-likeness (QED) is 0.448. The highest BCUT2D eigenvalue weighted by Gasteiger charge is 2.22. The highest BCUT2D eigenvalue weighted by Crippen LogP contribution is 2.34. The number of nitrogens with zero attached hydrogens (tertiary/aromatic N) is 2. The molecule has 35 heavy (non-hydrogen) atoms. The largest absolute Gasteiger partial charge is 0.305 e. The Morgan fingerprint density at radius 2 is 1.43 bits per heavy atom. The van der Waals surface area contributed by atoms with E-state index in [1.807, 2.05) is 31.1 Å². The third-order valence-corrected chi connectivity index (χ3v) is 7.28. The molecule has 0 saturated heterocycles. The summed E-state index contributed by atoms with van der Waals surface area (Å²) in [5.41, 5.74) is 6.10. The summed E-state index contributed by atoms with van der Waals surface area (Å²) in [6.45, 7) is 9.05. The van der Waals surface area contributed by atoms with Crippen LogP contribution in [0.25, 0.3) is 11.1 Å². The van der Waals surface area contributed by atoms with Gasteiger partial charge in [-0.1, -0.05) is 52.0 Å². The fraction of sp³-hybridized carbons (Fsp3) is 0.357. The molecule has 3 rings (SSSR count). The second-order valence-electron chi connectivity index (χ2n) is 9.77. The number of rotatable bonds is 9. The molecule has 3 aromatic rings. The van der Waals surface area contributed by atoms with Gasteiger partial charge in [-0.15, -0.1) is 0 Å². The van der Waals surface area contributed by atoms with Crippen LogP contribution in [-0.4, -0.2) is 38.3 Å². The minimum Gasteiger partial charge on any atom is -0.305 e. The molecule has 0 spiro atoms. The van der Waals surface area contributed by atoms with Crippen LogP contribution in [0.3, 0.4) is 0 Å². The van der Waals surface area contributed by atoms with Crippen molar-refractivity contribution in [3.8, 4) is 11.1 Å². The summed E-state index contributed by atoms with van der Waals surface area (Å²) in [4.78, 5) is 19.2. The molecule has 0 aliphatic carbocycles. The standard InChI is InChI=1S/C28H35N3O3S/c1-19(2)25-15-23(22-11-13-29-14-12-22)16-26(20(3)4)27(25)17-28(32)30-35(33,34)24-9-7-21(8-10-24)18-31(5)6/h7-16,19-20H,17-18H2,1-6H3,(H,30,32). The maximum atomic E-state index is 13.0. The molecule has 1 amide bonds. The Hall–Kier alpha value is -3.03. The Kier molecular flexibility index (Phi) is 8.46. The van der Waals surface area contributed by atoms with Crippen LogP contribution >= 0.6 is 0 Å². The number of benzene rings is 2. The Morgan fingerprint density at radius 1 is 0.886 bits per heavy atom. The van der Waals surface area contributed by atoms with Gasteiger partial charge in [0, 0.05) is 18.9 Å². The van der Waals surface area contributed by atoms with Gasteiger partial charge in [0.25, 0.3) is 10.0 Å².